The fraction of sp³-hybridized carbons (Fsp3) is 0.350. The minimum atomic E-state index is -0.910. The summed E-state index contributed by atoms with van der Waals surface area (Å²) in [5, 5.41) is 12.5. The lowest BCUT2D eigenvalue weighted by Crippen LogP contribution is -2.32. The third kappa shape index (κ3) is 4.73. The molecule has 2 N–H and O–H groups in total. The van der Waals surface area contributed by atoms with Gasteiger partial charge in [-0.05, 0) is 35.4 Å². The molecular weight excluding hydrogens is 318 g/mol. The van der Waals surface area contributed by atoms with Crippen molar-refractivity contribution in [1.29, 1.82) is 0 Å². The molecule has 0 aromatic heterocycles. The largest absolute Gasteiger partial charge is 0.493 e. The van der Waals surface area contributed by atoms with E-state index in [9.17, 15) is 4.79 Å². The van der Waals surface area contributed by atoms with Crippen molar-refractivity contribution in [3.8, 4) is 11.5 Å². The molecule has 0 atom stereocenters. The van der Waals surface area contributed by atoms with E-state index in [0.29, 0.717) is 23.6 Å². The molecule has 0 aliphatic rings. The minimum Gasteiger partial charge on any atom is -0.493 e. The second-order valence-corrected chi connectivity index (χ2v) is 6.56. The topological polar surface area (TPSA) is 67.8 Å². The first kappa shape index (κ1) is 18.8. The van der Waals surface area contributed by atoms with Gasteiger partial charge < -0.3 is 19.9 Å². The first-order valence-corrected chi connectivity index (χ1v) is 8.13. The maximum Gasteiger partial charge on any atom is 0.335 e. The van der Waals surface area contributed by atoms with Gasteiger partial charge >= 0.3 is 5.97 Å². The highest BCUT2D eigenvalue weighted by Gasteiger charge is 2.22. The Balaban J connectivity index is 2.04. The molecule has 0 aliphatic carbocycles. The molecule has 0 bridgehead atoms. The molecular formula is C20H25NO4. The Morgan fingerprint density at radius 2 is 1.80 bits per heavy atom. The molecule has 2 rings (SSSR count). The summed E-state index contributed by atoms with van der Waals surface area (Å²) in [6.07, 6.45) is 0. The number of methoxy groups -OCH3 is 2. The zero-order chi connectivity index (χ0) is 18.4. The Bertz CT molecular complexity index is 740. The van der Waals surface area contributed by atoms with Crippen LogP contribution in [-0.4, -0.2) is 31.8 Å². The number of rotatable bonds is 8. The van der Waals surface area contributed by atoms with Crippen molar-refractivity contribution in [2.75, 3.05) is 20.8 Å². The molecule has 0 saturated carbocycles. The molecule has 134 valence electrons. The quantitative estimate of drug-likeness (QED) is 0.768. The molecule has 0 spiro atoms. The summed E-state index contributed by atoms with van der Waals surface area (Å²) in [5.74, 6) is 0.509. The minimum absolute atomic E-state index is 0.121. The van der Waals surface area contributed by atoms with Gasteiger partial charge in [0.05, 0.1) is 19.8 Å². The molecule has 0 saturated heterocycles. The van der Waals surface area contributed by atoms with Crippen LogP contribution in [0.3, 0.4) is 0 Å². The van der Waals surface area contributed by atoms with Gasteiger partial charge in [-0.15, -0.1) is 0 Å². The molecule has 2 aromatic rings. The maximum absolute atomic E-state index is 11.0. The summed E-state index contributed by atoms with van der Waals surface area (Å²) < 4.78 is 10.7. The molecule has 0 amide bonds. The van der Waals surface area contributed by atoms with E-state index in [1.54, 1.807) is 32.4 Å². The molecule has 0 fully saturated rings. The second kappa shape index (κ2) is 8.03. The zero-order valence-corrected chi connectivity index (χ0v) is 15.1. The van der Waals surface area contributed by atoms with Crippen LogP contribution in [0, 0.1) is 0 Å². The van der Waals surface area contributed by atoms with E-state index in [0.717, 1.165) is 17.7 Å². The summed E-state index contributed by atoms with van der Waals surface area (Å²) in [5.41, 5.74) is 2.27. The molecule has 0 unspecified atom stereocenters. The van der Waals surface area contributed by atoms with E-state index < -0.39 is 5.97 Å². The predicted octanol–water partition coefficient (Wildman–Crippen LogP) is 3.47. The van der Waals surface area contributed by atoms with E-state index in [-0.39, 0.29) is 5.41 Å². The van der Waals surface area contributed by atoms with Gasteiger partial charge in [-0.3, -0.25) is 0 Å². The number of carboxylic acids is 1. The Morgan fingerprint density at radius 3 is 2.44 bits per heavy atom. The molecule has 25 heavy (non-hydrogen) atoms. The molecule has 5 nitrogen and oxygen atoms in total. The SMILES string of the molecule is COc1ccc(C(C)(C)CNCc2cccc(C(=O)O)c2)cc1OC. The van der Waals surface area contributed by atoms with Crippen molar-refractivity contribution in [1.82, 2.24) is 5.32 Å². The van der Waals surface area contributed by atoms with Crippen LogP contribution in [0.2, 0.25) is 0 Å². The number of aromatic carboxylic acids is 1. The van der Waals surface area contributed by atoms with Crippen molar-refractivity contribution in [2.45, 2.75) is 25.8 Å². The number of benzene rings is 2. The van der Waals surface area contributed by atoms with Crippen molar-refractivity contribution < 1.29 is 19.4 Å². The third-order valence-electron chi connectivity index (χ3n) is 4.24. The Hall–Kier alpha value is -2.53. The lowest BCUT2D eigenvalue weighted by atomic mass is 9.84. The van der Waals surface area contributed by atoms with Gasteiger partial charge in [-0.1, -0.05) is 32.0 Å². The van der Waals surface area contributed by atoms with E-state index in [1.165, 1.54) is 0 Å². The first-order valence-electron chi connectivity index (χ1n) is 8.13. The summed E-state index contributed by atoms with van der Waals surface area (Å²) in [7, 11) is 3.25. The Kier molecular flexibility index (Phi) is 6.04. The zero-order valence-electron chi connectivity index (χ0n) is 15.1. The van der Waals surface area contributed by atoms with Crippen LogP contribution in [0.25, 0.3) is 0 Å². The second-order valence-electron chi connectivity index (χ2n) is 6.56. The highest BCUT2D eigenvalue weighted by molar-refractivity contribution is 5.87. The van der Waals surface area contributed by atoms with Crippen molar-refractivity contribution >= 4 is 5.97 Å². The van der Waals surface area contributed by atoms with Crippen molar-refractivity contribution in [3.05, 3.63) is 59.2 Å². The van der Waals surface area contributed by atoms with Gasteiger partial charge in [0.1, 0.15) is 0 Å². The highest BCUT2D eigenvalue weighted by atomic mass is 16.5. The summed E-state index contributed by atoms with van der Waals surface area (Å²) in [6.45, 7) is 5.64. The van der Waals surface area contributed by atoms with Gasteiger partial charge in [0.15, 0.2) is 11.5 Å². The van der Waals surface area contributed by atoms with Gasteiger partial charge in [0.2, 0.25) is 0 Å². The smallest absolute Gasteiger partial charge is 0.335 e. The van der Waals surface area contributed by atoms with Gasteiger partial charge in [-0.2, -0.15) is 0 Å². The number of carboxylic acid groups (broad SMARTS) is 1. The van der Waals surface area contributed by atoms with Crippen LogP contribution in [0.15, 0.2) is 42.5 Å². The number of nitrogens with one attached hydrogen (secondary N) is 1. The fourth-order valence-corrected chi connectivity index (χ4v) is 2.69. The number of ether oxygens (including phenoxy) is 2. The summed E-state index contributed by atoms with van der Waals surface area (Å²) in [6, 6.07) is 12.9. The van der Waals surface area contributed by atoms with Crippen LogP contribution in [0.1, 0.15) is 35.3 Å². The first-order chi connectivity index (χ1) is 11.9. The average molecular weight is 343 g/mol. The van der Waals surface area contributed by atoms with Crippen LogP contribution in [-0.2, 0) is 12.0 Å². The van der Waals surface area contributed by atoms with Gasteiger partial charge in [0.25, 0.3) is 0 Å². The van der Waals surface area contributed by atoms with E-state index in [1.807, 2.05) is 24.3 Å². The van der Waals surface area contributed by atoms with Crippen LogP contribution < -0.4 is 14.8 Å². The lowest BCUT2D eigenvalue weighted by molar-refractivity contribution is 0.0696. The normalized spacial score (nSPS) is 11.2. The Labute approximate surface area is 148 Å². The number of hydrogen-bond acceptors (Lipinski definition) is 4. The summed E-state index contributed by atoms with van der Waals surface area (Å²) >= 11 is 0. The van der Waals surface area contributed by atoms with Crippen LogP contribution >= 0.6 is 0 Å². The maximum atomic E-state index is 11.0. The molecule has 0 heterocycles. The predicted molar refractivity (Wildman–Crippen MR) is 97.7 cm³/mol. The molecule has 5 heteroatoms. The number of hydrogen-bond donors (Lipinski definition) is 2. The lowest BCUT2D eigenvalue weighted by Gasteiger charge is -2.26. The van der Waals surface area contributed by atoms with Crippen LogP contribution in [0.4, 0.5) is 0 Å². The van der Waals surface area contributed by atoms with Crippen LogP contribution in [0.5, 0.6) is 11.5 Å². The standard InChI is InChI=1S/C20H25NO4/c1-20(2,16-8-9-17(24-3)18(11-16)25-4)13-21-12-14-6-5-7-15(10-14)19(22)23/h5-11,21H,12-13H2,1-4H3,(H,22,23). The monoisotopic (exact) mass is 343 g/mol. The fourth-order valence-electron chi connectivity index (χ4n) is 2.69. The van der Waals surface area contributed by atoms with Gasteiger partial charge in [-0.25, -0.2) is 4.79 Å². The average Bonchev–Trinajstić information content (AvgIpc) is 2.61. The van der Waals surface area contributed by atoms with Gasteiger partial charge in [0, 0.05) is 18.5 Å². The summed E-state index contributed by atoms with van der Waals surface area (Å²) in [4.78, 5) is 11.0. The number of carbonyl (C=O) groups is 1. The van der Waals surface area contributed by atoms with E-state index in [2.05, 4.69) is 19.2 Å². The third-order valence-corrected chi connectivity index (χ3v) is 4.24. The molecule has 0 aliphatic heterocycles. The molecule has 2 aromatic carbocycles. The van der Waals surface area contributed by atoms with E-state index in [4.69, 9.17) is 14.6 Å². The molecule has 0 radical (unpaired) electrons. The highest BCUT2D eigenvalue weighted by Crippen LogP contribution is 2.32. The van der Waals surface area contributed by atoms with Crippen molar-refractivity contribution in [2.24, 2.45) is 0 Å². The van der Waals surface area contributed by atoms with E-state index >= 15 is 0 Å². The van der Waals surface area contributed by atoms with Crippen molar-refractivity contribution in [3.63, 3.8) is 0 Å². The Morgan fingerprint density at radius 1 is 1.08 bits per heavy atom.